The number of ether oxygens (including phenoxy) is 1. The number of anilines is 1. The molecule has 1 aliphatic heterocycles. The Morgan fingerprint density at radius 2 is 2.03 bits per heavy atom. The average molecular weight is 460 g/mol. The van der Waals surface area contributed by atoms with E-state index in [1.807, 2.05) is 24.3 Å². The monoisotopic (exact) mass is 460 g/mol. The molecule has 1 saturated heterocycles. The first kappa shape index (κ1) is 20.2. The van der Waals surface area contributed by atoms with E-state index in [1.54, 1.807) is 11.1 Å². The Labute approximate surface area is 193 Å². The number of carbonyl (C=O) groups excluding carboxylic acids is 2. The average Bonchev–Trinajstić information content (AvgIpc) is 3.63. The largest absolute Gasteiger partial charge is 0.442 e. The van der Waals surface area contributed by atoms with E-state index in [0.29, 0.717) is 12.3 Å². The van der Waals surface area contributed by atoms with E-state index in [9.17, 15) is 9.59 Å². The molecule has 0 unspecified atom stereocenters. The number of nitrogens with one attached hydrogen (secondary N) is 2. The molecule has 1 atom stereocenters. The van der Waals surface area contributed by atoms with Crippen molar-refractivity contribution in [2.45, 2.75) is 25.4 Å². The third-order valence-corrected chi connectivity index (χ3v) is 6.11. The molecule has 1 fully saturated rings. The van der Waals surface area contributed by atoms with Gasteiger partial charge in [0, 0.05) is 28.9 Å². The minimum absolute atomic E-state index is 0.108. The summed E-state index contributed by atoms with van der Waals surface area (Å²) in [6, 6.07) is 9.19. The van der Waals surface area contributed by atoms with Crippen LogP contribution < -0.4 is 10.2 Å². The van der Waals surface area contributed by atoms with Gasteiger partial charge >= 0.3 is 6.09 Å². The first-order valence-electron chi connectivity index (χ1n) is 11.0. The lowest BCUT2D eigenvalue weighted by molar-refractivity contribution is 0.0880. The molecule has 172 valence electrons. The third kappa shape index (κ3) is 3.51. The Morgan fingerprint density at radius 1 is 1.15 bits per heavy atom. The standard InChI is InChI=1S/C23H20N6O5/c30-22(19-7-9-26-34-19)24-11-15-12-29(23(31)32-15)14-4-5-16-13(10-14)2-1-3-17-20(16)27-28-21(17)18-6-8-25-33-18/h4-10,15H,1-3,11-12H2,(H,24,30)(H,27,28)/t15-/m0/s1. The highest BCUT2D eigenvalue weighted by Crippen LogP contribution is 2.38. The van der Waals surface area contributed by atoms with E-state index < -0.39 is 18.1 Å². The molecule has 11 nitrogen and oxygen atoms in total. The van der Waals surface area contributed by atoms with Crippen molar-refractivity contribution in [2.75, 3.05) is 18.0 Å². The summed E-state index contributed by atoms with van der Waals surface area (Å²) in [5.74, 6) is 0.364. The van der Waals surface area contributed by atoms with Gasteiger partial charge in [-0.05, 0) is 37.0 Å². The van der Waals surface area contributed by atoms with E-state index in [2.05, 4.69) is 25.8 Å². The molecule has 0 bridgehead atoms. The summed E-state index contributed by atoms with van der Waals surface area (Å²) in [4.78, 5) is 26.2. The number of nitrogens with zero attached hydrogens (tertiary/aromatic N) is 4. The highest BCUT2D eigenvalue weighted by atomic mass is 16.6. The third-order valence-electron chi connectivity index (χ3n) is 6.11. The number of carbonyl (C=O) groups is 2. The molecule has 34 heavy (non-hydrogen) atoms. The Morgan fingerprint density at radius 3 is 2.85 bits per heavy atom. The number of aryl methyl sites for hydroxylation is 1. The van der Waals surface area contributed by atoms with Gasteiger partial charge in [0.05, 0.1) is 31.2 Å². The Bertz CT molecular complexity index is 1340. The maximum absolute atomic E-state index is 12.6. The fourth-order valence-corrected chi connectivity index (χ4v) is 4.49. The van der Waals surface area contributed by atoms with E-state index in [1.165, 1.54) is 12.3 Å². The first-order valence-corrected chi connectivity index (χ1v) is 11.0. The van der Waals surface area contributed by atoms with Gasteiger partial charge in [-0.15, -0.1) is 0 Å². The van der Waals surface area contributed by atoms with Crippen molar-refractivity contribution in [1.82, 2.24) is 25.8 Å². The van der Waals surface area contributed by atoms with Crippen LogP contribution in [0.3, 0.4) is 0 Å². The topological polar surface area (TPSA) is 139 Å². The number of hydrogen-bond donors (Lipinski definition) is 2. The van der Waals surface area contributed by atoms with Crippen LogP contribution in [0, 0.1) is 0 Å². The molecule has 1 aromatic carbocycles. The molecule has 2 aliphatic rings. The van der Waals surface area contributed by atoms with Gasteiger partial charge in [-0.2, -0.15) is 5.10 Å². The lowest BCUT2D eigenvalue weighted by Gasteiger charge is -2.16. The number of amides is 2. The molecule has 4 heterocycles. The minimum Gasteiger partial charge on any atom is -0.442 e. The van der Waals surface area contributed by atoms with Crippen molar-refractivity contribution in [2.24, 2.45) is 0 Å². The number of H-pyrrole nitrogens is 1. The van der Waals surface area contributed by atoms with E-state index in [0.717, 1.165) is 53.0 Å². The normalized spacial score (nSPS) is 17.1. The molecule has 0 radical (unpaired) electrons. The number of hydrogen-bond acceptors (Lipinski definition) is 8. The zero-order valence-electron chi connectivity index (χ0n) is 18.0. The minimum atomic E-state index is -0.472. The van der Waals surface area contributed by atoms with Crippen LogP contribution in [0.5, 0.6) is 0 Å². The molecule has 4 aromatic rings. The maximum atomic E-state index is 12.6. The van der Waals surface area contributed by atoms with Crippen LogP contribution in [-0.4, -0.2) is 51.7 Å². The first-order chi connectivity index (χ1) is 16.7. The van der Waals surface area contributed by atoms with Crippen LogP contribution in [0.2, 0.25) is 0 Å². The second-order valence-electron chi connectivity index (χ2n) is 8.20. The van der Waals surface area contributed by atoms with Crippen LogP contribution in [0.25, 0.3) is 22.7 Å². The number of aromatic amines is 1. The smallest absolute Gasteiger partial charge is 0.414 e. The summed E-state index contributed by atoms with van der Waals surface area (Å²) in [5.41, 5.74) is 5.74. The van der Waals surface area contributed by atoms with Crippen LogP contribution in [0.15, 0.2) is 51.8 Å². The predicted octanol–water partition coefficient (Wildman–Crippen LogP) is 2.96. The van der Waals surface area contributed by atoms with Crippen molar-refractivity contribution in [3.8, 4) is 22.7 Å². The van der Waals surface area contributed by atoms with Crippen LogP contribution in [0.1, 0.15) is 28.1 Å². The van der Waals surface area contributed by atoms with E-state index in [4.69, 9.17) is 13.8 Å². The molecule has 3 aromatic heterocycles. The van der Waals surface area contributed by atoms with Gasteiger partial charge < -0.3 is 19.1 Å². The molecule has 0 spiro atoms. The number of fused-ring (bicyclic) bond motifs is 3. The van der Waals surface area contributed by atoms with Crippen molar-refractivity contribution in [3.05, 3.63) is 59.6 Å². The van der Waals surface area contributed by atoms with Crippen molar-refractivity contribution in [1.29, 1.82) is 0 Å². The summed E-state index contributed by atoms with van der Waals surface area (Å²) in [7, 11) is 0. The molecule has 2 N–H and O–H groups in total. The van der Waals surface area contributed by atoms with Gasteiger partial charge in [0.25, 0.3) is 5.91 Å². The van der Waals surface area contributed by atoms with Crippen molar-refractivity contribution < 1.29 is 23.4 Å². The van der Waals surface area contributed by atoms with Crippen LogP contribution in [0.4, 0.5) is 10.5 Å². The zero-order valence-corrected chi connectivity index (χ0v) is 18.0. The molecule has 0 saturated carbocycles. The Hall–Kier alpha value is -4.41. The lowest BCUT2D eigenvalue weighted by atomic mass is 10.0. The van der Waals surface area contributed by atoms with Gasteiger partial charge in [0.2, 0.25) is 5.76 Å². The van der Waals surface area contributed by atoms with Gasteiger partial charge in [0.15, 0.2) is 5.76 Å². The fraction of sp³-hybridized carbons (Fsp3) is 0.261. The van der Waals surface area contributed by atoms with Gasteiger partial charge in [-0.3, -0.25) is 14.8 Å². The quantitative estimate of drug-likeness (QED) is 0.463. The van der Waals surface area contributed by atoms with Gasteiger partial charge in [0.1, 0.15) is 11.8 Å². The summed E-state index contributed by atoms with van der Waals surface area (Å²) in [5, 5.41) is 17.7. The fourth-order valence-electron chi connectivity index (χ4n) is 4.49. The molecule has 11 heteroatoms. The number of benzene rings is 1. The number of aromatic nitrogens is 4. The number of rotatable bonds is 5. The van der Waals surface area contributed by atoms with Crippen LogP contribution >= 0.6 is 0 Å². The lowest BCUT2D eigenvalue weighted by Crippen LogP contribution is -2.34. The summed E-state index contributed by atoms with van der Waals surface area (Å²) < 4.78 is 15.6. The van der Waals surface area contributed by atoms with Crippen LogP contribution in [-0.2, 0) is 17.6 Å². The van der Waals surface area contributed by atoms with Crippen molar-refractivity contribution in [3.63, 3.8) is 0 Å². The van der Waals surface area contributed by atoms with Gasteiger partial charge in [-0.1, -0.05) is 16.4 Å². The number of cyclic esters (lactones) is 1. The second kappa shape index (κ2) is 8.18. The maximum Gasteiger partial charge on any atom is 0.414 e. The Balaban J connectivity index is 1.20. The Kier molecular flexibility index (Phi) is 4.86. The molecular formula is C23H20N6O5. The second-order valence-corrected chi connectivity index (χ2v) is 8.20. The molecule has 6 rings (SSSR count). The van der Waals surface area contributed by atoms with E-state index >= 15 is 0 Å². The van der Waals surface area contributed by atoms with E-state index in [-0.39, 0.29) is 12.3 Å². The summed E-state index contributed by atoms with van der Waals surface area (Å²) in [6.45, 7) is 0.505. The predicted molar refractivity (Wildman–Crippen MR) is 118 cm³/mol. The SMILES string of the molecule is O=C(NC[C@H]1CN(c2ccc3c(c2)CCCc2c-3n[nH]c2-c2ccno2)C(=O)O1)c1ccno1. The van der Waals surface area contributed by atoms with Gasteiger partial charge in [-0.25, -0.2) is 4.79 Å². The summed E-state index contributed by atoms with van der Waals surface area (Å²) >= 11 is 0. The summed E-state index contributed by atoms with van der Waals surface area (Å²) in [6.07, 6.45) is 4.73. The molecule has 1 aliphatic carbocycles. The molecule has 2 amide bonds. The van der Waals surface area contributed by atoms with Crippen molar-refractivity contribution >= 4 is 17.7 Å². The highest BCUT2D eigenvalue weighted by Gasteiger charge is 2.33. The highest BCUT2D eigenvalue weighted by molar-refractivity contribution is 5.92. The molecular weight excluding hydrogens is 440 g/mol. The zero-order chi connectivity index (χ0) is 23.1.